The maximum atomic E-state index is 11.8. The number of aryl methyl sites for hydroxylation is 1. The third-order valence-electron chi connectivity index (χ3n) is 3.14. The fraction of sp³-hybridized carbons (Fsp3) is 0.500. The summed E-state index contributed by atoms with van der Waals surface area (Å²) in [5.74, 6) is -0.903. The van der Waals surface area contributed by atoms with Crippen molar-refractivity contribution in [1.82, 2.24) is 5.32 Å². The van der Waals surface area contributed by atoms with Crippen LogP contribution >= 0.6 is 0 Å². The Morgan fingerprint density at radius 3 is 2.82 bits per heavy atom. The second kappa shape index (κ2) is 4.61. The van der Waals surface area contributed by atoms with Crippen LogP contribution in [0.4, 0.5) is 0 Å². The lowest BCUT2D eigenvalue weighted by Gasteiger charge is -2.16. The molecule has 0 spiro atoms. The van der Waals surface area contributed by atoms with Gasteiger partial charge in [-0.15, -0.1) is 0 Å². The molecule has 1 aliphatic carbocycles. The summed E-state index contributed by atoms with van der Waals surface area (Å²) in [6.07, 6.45) is 3.58. The smallest absolute Gasteiger partial charge is 0.308 e. The first-order chi connectivity index (χ1) is 8.08. The highest BCUT2D eigenvalue weighted by Gasteiger charge is 2.34. The zero-order valence-corrected chi connectivity index (χ0v) is 9.60. The van der Waals surface area contributed by atoms with E-state index in [1.807, 2.05) is 0 Å². The van der Waals surface area contributed by atoms with Crippen molar-refractivity contribution in [3.63, 3.8) is 0 Å². The third-order valence-corrected chi connectivity index (χ3v) is 3.14. The number of rotatable bonds is 3. The molecule has 1 heterocycles. The highest BCUT2D eigenvalue weighted by Crippen LogP contribution is 2.26. The predicted molar refractivity (Wildman–Crippen MR) is 59.7 cm³/mol. The fourth-order valence-corrected chi connectivity index (χ4v) is 2.24. The number of hydrogen-bond acceptors (Lipinski definition) is 3. The standard InChI is InChI=1S/C12H15NO4/c1-7-5-8(6-17-7)11(14)13-10-4-2-3-9(10)12(15)16/h5-6,9-10H,2-4H2,1H3,(H,13,14)(H,15,16). The van der Waals surface area contributed by atoms with Gasteiger partial charge in [-0.3, -0.25) is 9.59 Å². The second-order valence-corrected chi connectivity index (χ2v) is 4.40. The van der Waals surface area contributed by atoms with Crippen molar-refractivity contribution < 1.29 is 19.1 Å². The molecule has 17 heavy (non-hydrogen) atoms. The Hall–Kier alpha value is -1.78. The summed E-state index contributed by atoms with van der Waals surface area (Å²) in [6.45, 7) is 1.76. The van der Waals surface area contributed by atoms with Crippen LogP contribution in [-0.4, -0.2) is 23.0 Å². The van der Waals surface area contributed by atoms with Crippen molar-refractivity contribution >= 4 is 11.9 Å². The summed E-state index contributed by atoms with van der Waals surface area (Å²) in [4.78, 5) is 22.8. The lowest BCUT2D eigenvalue weighted by Crippen LogP contribution is -2.40. The Labute approximate surface area is 98.8 Å². The molecule has 0 aromatic carbocycles. The van der Waals surface area contributed by atoms with Gasteiger partial charge in [0, 0.05) is 6.04 Å². The molecule has 2 unspecified atom stereocenters. The number of carboxylic acids is 1. The molecule has 1 aromatic rings. The van der Waals surface area contributed by atoms with Crippen molar-refractivity contribution in [1.29, 1.82) is 0 Å². The van der Waals surface area contributed by atoms with E-state index < -0.39 is 11.9 Å². The normalized spacial score (nSPS) is 23.6. The van der Waals surface area contributed by atoms with Gasteiger partial charge in [0.15, 0.2) is 0 Å². The van der Waals surface area contributed by atoms with Gasteiger partial charge in [0.25, 0.3) is 5.91 Å². The topological polar surface area (TPSA) is 79.5 Å². The van der Waals surface area contributed by atoms with Crippen LogP contribution in [-0.2, 0) is 4.79 Å². The van der Waals surface area contributed by atoms with Crippen molar-refractivity contribution in [3.05, 3.63) is 23.7 Å². The summed E-state index contributed by atoms with van der Waals surface area (Å²) >= 11 is 0. The molecule has 2 atom stereocenters. The summed E-state index contributed by atoms with van der Waals surface area (Å²) in [6, 6.07) is 1.37. The molecule has 0 aliphatic heterocycles. The summed E-state index contributed by atoms with van der Waals surface area (Å²) in [5.41, 5.74) is 0.443. The lowest BCUT2D eigenvalue weighted by molar-refractivity contribution is -0.142. The third kappa shape index (κ3) is 2.49. The van der Waals surface area contributed by atoms with Crippen LogP contribution in [0.3, 0.4) is 0 Å². The molecule has 1 aromatic heterocycles. The van der Waals surface area contributed by atoms with E-state index in [1.165, 1.54) is 6.26 Å². The molecule has 1 amide bonds. The van der Waals surface area contributed by atoms with Crippen LogP contribution in [0.5, 0.6) is 0 Å². The first kappa shape index (κ1) is 11.7. The summed E-state index contributed by atoms with van der Waals surface area (Å²) in [7, 11) is 0. The van der Waals surface area contributed by atoms with Gasteiger partial charge in [0.1, 0.15) is 12.0 Å². The number of nitrogens with one attached hydrogen (secondary N) is 1. The van der Waals surface area contributed by atoms with Gasteiger partial charge in [-0.1, -0.05) is 6.42 Å². The van der Waals surface area contributed by atoms with Crippen molar-refractivity contribution in [2.24, 2.45) is 5.92 Å². The molecule has 1 aliphatic rings. The number of furan rings is 1. The zero-order chi connectivity index (χ0) is 12.4. The van der Waals surface area contributed by atoms with Gasteiger partial charge in [0.2, 0.25) is 0 Å². The monoisotopic (exact) mass is 237 g/mol. The van der Waals surface area contributed by atoms with Crippen LogP contribution in [0.15, 0.2) is 16.7 Å². The number of carbonyl (C=O) groups is 2. The molecule has 0 saturated heterocycles. The molecule has 92 valence electrons. The molecule has 0 bridgehead atoms. The highest BCUT2D eigenvalue weighted by atomic mass is 16.4. The number of amides is 1. The Bertz CT molecular complexity index is 437. The average Bonchev–Trinajstić information content (AvgIpc) is 2.86. The van der Waals surface area contributed by atoms with Gasteiger partial charge in [-0.25, -0.2) is 0 Å². The van der Waals surface area contributed by atoms with Crippen LogP contribution in [0.25, 0.3) is 0 Å². The van der Waals surface area contributed by atoms with Gasteiger partial charge >= 0.3 is 5.97 Å². The molecular weight excluding hydrogens is 222 g/mol. The Morgan fingerprint density at radius 2 is 2.24 bits per heavy atom. The number of hydrogen-bond donors (Lipinski definition) is 2. The van der Waals surface area contributed by atoms with E-state index in [0.717, 1.165) is 12.8 Å². The van der Waals surface area contributed by atoms with Crippen LogP contribution in [0.2, 0.25) is 0 Å². The van der Waals surface area contributed by atoms with E-state index in [-0.39, 0.29) is 11.9 Å². The molecule has 5 nitrogen and oxygen atoms in total. The molecule has 2 N–H and O–H groups in total. The Morgan fingerprint density at radius 1 is 1.47 bits per heavy atom. The summed E-state index contributed by atoms with van der Waals surface area (Å²) < 4.78 is 5.05. The lowest BCUT2D eigenvalue weighted by atomic mass is 10.0. The average molecular weight is 237 g/mol. The van der Waals surface area contributed by atoms with Crippen LogP contribution in [0, 0.1) is 12.8 Å². The van der Waals surface area contributed by atoms with E-state index in [2.05, 4.69) is 5.32 Å². The summed E-state index contributed by atoms with van der Waals surface area (Å²) in [5, 5.41) is 11.8. The van der Waals surface area contributed by atoms with Crippen molar-refractivity contribution in [3.8, 4) is 0 Å². The largest absolute Gasteiger partial charge is 0.481 e. The van der Waals surface area contributed by atoms with E-state index in [0.29, 0.717) is 17.7 Å². The number of aliphatic carboxylic acids is 1. The van der Waals surface area contributed by atoms with Gasteiger partial charge in [-0.05, 0) is 25.8 Å². The SMILES string of the molecule is Cc1cc(C(=O)NC2CCCC2C(=O)O)co1. The predicted octanol–water partition coefficient (Wildman–Crippen LogP) is 1.57. The molecule has 2 rings (SSSR count). The van der Waals surface area contributed by atoms with Gasteiger partial charge in [-0.2, -0.15) is 0 Å². The number of carboxylic acid groups (broad SMARTS) is 1. The highest BCUT2D eigenvalue weighted by molar-refractivity contribution is 5.94. The molecule has 5 heteroatoms. The molecule has 1 saturated carbocycles. The van der Waals surface area contributed by atoms with Crippen molar-refractivity contribution in [2.75, 3.05) is 0 Å². The van der Waals surface area contributed by atoms with Gasteiger partial charge in [0.05, 0.1) is 11.5 Å². The molecular formula is C12H15NO4. The minimum absolute atomic E-state index is 0.264. The van der Waals surface area contributed by atoms with Crippen LogP contribution < -0.4 is 5.32 Å². The quantitative estimate of drug-likeness (QED) is 0.836. The zero-order valence-electron chi connectivity index (χ0n) is 9.60. The van der Waals surface area contributed by atoms with Gasteiger partial charge < -0.3 is 14.8 Å². The van der Waals surface area contributed by atoms with E-state index in [9.17, 15) is 9.59 Å². The van der Waals surface area contributed by atoms with E-state index in [1.54, 1.807) is 13.0 Å². The number of carbonyl (C=O) groups excluding carboxylic acids is 1. The Kier molecular flexibility index (Phi) is 3.17. The Balaban J connectivity index is 2.01. The molecule has 1 fully saturated rings. The second-order valence-electron chi connectivity index (χ2n) is 4.40. The molecule has 0 radical (unpaired) electrons. The fourth-order valence-electron chi connectivity index (χ4n) is 2.24. The van der Waals surface area contributed by atoms with E-state index >= 15 is 0 Å². The minimum atomic E-state index is -0.837. The van der Waals surface area contributed by atoms with Crippen LogP contribution in [0.1, 0.15) is 35.4 Å². The first-order valence-corrected chi connectivity index (χ1v) is 5.66. The maximum Gasteiger partial charge on any atom is 0.308 e. The van der Waals surface area contributed by atoms with E-state index in [4.69, 9.17) is 9.52 Å². The maximum absolute atomic E-state index is 11.8. The minimum Gasteiger partial charge on any atom is -0.481 e. The first-order valence-electron chi connectivity index (χ1n) is 5.66. The van der Waals surface area contributed by atoms with Crippen molar-refractivity contribution in [2.45, 2.75) is 32.2 Å².